The molecule has 1 amide bonds. The fourth-order valence-corrected chi connectivity index (χ4v) is 2.96. The maximum Gasteiger partial charge on any atom is 0.271 e. The molecule has 1 aromatic carbocycles. The van der Waals surface area contributed by atoms with Crippen LogP contribution in [0.2, 0.25) is 0 Å². The Morgan fingerprint density at radius 1 is 1.27 bits per heavy atom. The molecule has 1 N–H and O–H groups in total. The number of benzene rings is 1. The standard InChI is InChI=1S/C17H23N3OS/c1-12(2)17-19-15(11-22-17)16(21)18-9-13-7-5-6-8-14(13)10-20(3)4/h5-8,11-12H,9-10H2,1-4H3,(H,18,21). The van der Waals surface area contributed by atoms with Gasteiger partial charge in [-0.1, -0.05) is 38.1 Å². The molecule has 1 aromatic heterocycles. The van der Waals surface area contributed by atoms with Gasteiger partial charge in [-0.05, 0) is 25.2 Å². The maximum atomic E-state index is 12.2. The van der Waals surface area contributed by atoms with E-state index in [0.717, 1.165) is 17.1 Å². The van der Waals surface area contributed by atoms with Crippen molar-refractivity contribution in [3.8, 4) is 0 Å². The third kappa shape index (κ3) is 4.39. The Morgan fingerprint density at radius 3 is 2.55 bits per heavy atom. The smallest absolute Gasteiger partial charge is 0.271 e. The molecule has 2 aromatic rings. The van der Waals surface area contributed by atoms with Gasteiger partial charge in [0.15, 0.2) is 0 Å². The van der Waals surface area contributed by atoms with Gasteiger partial charge in [0, 0.05) is 24.4 Å². The molecule has 0 atom stereocenters. The van der Waals surface area contributed by atoms with Crippen molar-refractivity contribution in [2.45, 2.75) is 32.9 Å². The van der Waals surface area contributed by atoms with Crippen LogP contribution in [0.25, 0.3) is 0 Å². The number of hydrogen-bond acceptors (Lipinski definition) is 4. The minimum Gasteiger partial charge on any atom is -0.347 e. The molecule has 0 bridgehead atoms. The number of nitrogens with one attached hydrogen (secondary N) is 1. The lowest BCUT2D eigenvalue weighted by Gasteiger charge is -2.14. The third-order valence-corrected chi connectivity index (χ3v) is 4.44. The Kier molecular flexibility index (Phi) is 5.69. The summed E-state index contributed by atoms with van der Waals surface area (Å²) in [6.07, 6.45) is 0. The van der Waals surface area contributed by atoms with Crippen molar-refractivity contribution in [2.75, 3.05) is 14.1 Å². The number of carbonyl (C=O) groups excluding carboxylic acids is 1. The van der Waals surface area contributed by atoms with Crippen LogP contribution in [0.15, 0.2) is 29.6 Å². The highest BCUT2D eigenvalue weighted by Gasteiger charge is 2.13. The number of hydrogen-bond donors (Lipinski definition) is 1. The lowest BCUT2D eigenvalue weighted by molar-refractivity contribution is 0.0946. The number of rotatable bonds is 6. The van der Waals surface area contributed by atoms with Gasteiger partial charge in [0.2, 0.25) is 0 Å². The zero-order valence-corrected chi connectivity index (χ0v) is 14.4. The molecule has 22 heavy (non-hydrogen) atoms. The lowest BCUT2D eigenvalue weighted by Crippen LogP contribution is -2.24. The first-order chi connectivity index (χ1) is 10.5. The van der Waals surface area contributed by atoms with Crippen LogP contribution < -0.4 is 5.32 Å². The Hall–Kier alpha value is -1.72. The maximum absolute atomic E-state index is 12.2. The van der Waals surface area contributed by atoms with Gasteiger partial charge in [-0.15, -0.1) is 11.3 Å². The quantitative estimate of drug-likeness (QED) is 0.889. The van der Waals surface area contributed by atoms with Crippen molar-refractivity contribution in [2.24, 2.45) is 0 Å². The van der Waals surface area contributed by atoms with Crippen LogP contribution in [-0.4, -0.2) is 29.9 Å². The van der Waals surface area contributed by atoms with Crippen LogP contribution in [0, 0.1) is 0 Å². The normalized spacial score (nSPS) is 11.2. The first-order valence-corrected chi connectivity index (χ1v) is 8.30. The monoisotopic (exact) mass is 317 g/mol. The summed E-state index contributed by atoms with van der Waals surface area (Å²) in [6.45, 7) is 5.55. The van der Waals surface area contributed by atoms with E-state index in [1.165, 1.54) is 5.56 Å². The van der Waals surface area contributed by atoms with E-state index in [2.05, 4.69) is 41.2 Å². The fraction of sp³-hybridized carbons (Fsp3) is 0.412. The summed E-state index contributed by atoms with van der Waals surface area (Å²) in [4.78, 5) is 18.7. The first-order valence-electron chi connectivity index (χ1n) is 7.42. The number of amides is 1. The van der Waals surface area contributed by atoms with Crippen LogP contribution in [0.4, 0.5) is 0 Å². The van der Waals surface area contributed by atoms with Crippen LogP contribution in [0.5, 0.6) is 0 Å². The second kappa shape index (κ2) is 7.51. The van der Waals surface area contributed by atoms with Gasteiger partial charge in [-0.25, -0.2) is 4.98 Å². The van der Waals surface area contributed by atoms with Crippen LogP contribution in [0.3, 0.4) is 0 Å². The summed E-state index contributed by atoms with van der Waals surface area (Å²) in [6, 6.07) is 8.18. The minimum absolute atomic E-state index is 0.109. The van der Waals surface area contributed by atoms with Gasteiger partial charge in [0.1, 0.15) is 5.69 Å². The van der Waals surface area contributed by atoms with Gasteiger partial charge in [-0.3, -0.25) is 4.79 Å². The third-order valence-electron chi connectivity index (χ3n) is 3.29. The zero-order valence-electron chi connectivity index (χ0n) is 13.6. The molecule has 0 aliphatic rings. The highest BCUT2D eigenvalue weighted by atomic mass is 32.1. The second-order valence-corrected chi connectivity index (χ2v) is 6.80. The van der Waals surface area contributed by atoms with Crippen molar-refractivity contribution in [3.63, 3.8) is 0 Å². The van der Waals surface area contributed by atoms with Crippen molar-refractivity contribution < 1.29 is 4.79 Å². The van der Waals surface area contributed by atoms with Gasteiger partial charge in [0.25, 0.3) is 5.91 Å². The highest BCUT2D eigenvalue weighted by Crippen LogP contribution is 2.19. The van der Waals surface area contributed by atoms with E-state index >= 15 is 0 Å². The number of aromatic nitrogens is 1. The van der Waals surface area contributed by atoms with E-state index < -0.39 is 0 Å². The molecule has 0 unspecified atom stereocenters. The molecule has 2 rings (SSSR count). The molecule has 0 spiro atoms. The van der Waals surface area contributed by atoms with Crippen LogP contribution in [-0.2, 0) is 13.1 Å². The summed E-state index contributed by atoms with van der Waals surface area (Å²) in [5, 5.41) is 5.80. The molecular weight excluding hydrogens is 294 g/mol. The summed E-state index contributed by atoms with van der Waals surface area (Å²) in [7, 11) is 4.08. The van der Waals surface area contributed by atoms with Crippen molar-refractivity contribution >= 4 is 17.2 Å². The Bertz CT molecular complexity index is 634. The van der Waals surface area contributed by atoms with Gasteiger partial charge >= 0.3 is 0 Å². The summed E-state index contributed by atoms with van der Waals surface area (Å²) in [5.74, 6) is 0.246. The van der Waals surface area contributed by atoms with E-state index in [1.807, 2.05) is 31.6 Å². The number of thiazole rings is 1. The van der Waals surface area contributed by atoms with Crippen LogP contribution in [0.1, 0.15) is 46.4 Å². The molecule has 0 aliphatic heterocycles. The average molecular weight is 317 g/mol. The summed E-state index contributed by atoms with van der Waals surface area (Å²) in [5.41, 5.74) is 2.89. The molecule has 0 saturated heterocycles. The van der Waals surface area contributed by atoms with Crippen molar-refractivity contribution in [1.29, 1.82) is 0 Å². The Morgan fingerprint density at radius 2 is 1.95 bits per heavy atom. The molecule has 0 saturated carbocycles. The Balaban J connectivity index is 2.01. The fourth-order valence-electron chi connectivity index (χ4n) is 2.15. The summed E-state index contributed by atoms with van der Waals surface area (Å²) >= 11 is 1.54. The average Bonchev–Trinajstić information content (AvgIpc) is 2.95. The van der Waals surface area contributed by atoms with Gasteiger partial charge in [0.05, 0.1) is 5.01 Å². The van der Waals surface area contributed by atoms with E-state index in [4.69, 9.17) is 0 Å². The SMILES string of the molecule is CC(C)c1nc(C(=O)NCc2ccccc2CN(C)C)cs1. The predicted octanol–water partition coefficient (Wildman–Crippen LogP) is 3.26. The largest absolute Gasteiger partial charge is 0.347 e. The lowest BCUT2D eigenvalue weighted by atomic mass is 10.1. The molecule has 0 radical (unpaired) electrons. The molecular formula is C17H23N3OS. The van der Waals surface area contributed by atoms with Gasteiger partial charge < -0.3 is 10.2 Å². The van der Waals surface area contributed by atoms with Crippen LogP contribution >= 0.6 is 11.3 Å². The second-order valence-electron chi connectivity index (χ2n) is 5.91. The number of carbonyl (C=O) groups is 1. The van der Waals surface area contributed by atoms with E-state index in [9.17, 15) is 4.79 Å². The van der Waals surface area contributed by atoms with Crippen molar-refractivity contribution in [1.82, 2.24) is 15.2 Å². The summed E-state index contributed by atoms with van der Waals surface area (Å²) < 4.78 is 0. The minimum atomic E-state index is -0.109. The molecule has 118 valence electrons. The number of nitrogens with zero attached hydrogens (tertiary/aromatic N) is 2. The molecule has 0 aliphatic carbocycles. The van der Waals surface area contributed by atoms with E-state index in [1.54, 1.807) is 11.3 Å². The zero-order chi connectivity index (χ0) is 16.1. The van der Waals surface area contributed by atoms with Crippen molar-refractivity contribution in [3.05, 3.63) is 51.5 Å². The molecule has 0 fully saturated rings. The molecule has 4 nitrogen and oxygen atoms in total. The molecule has 5 heteroatoms. The first kappa shape index (κ1) is 16.6. The highest BCUT2D eigenvalue weighted by molar-refractivity contribution is 7.09. The van der Waals surface area contributed by atoms with Gasteiger partial charge in [-0.2, -0.15) is 0 Å². The topological polar surface area (TPSA) is 45.2 Å². The van der Waals surface area contributed by atoms with E-state index in [-0.39, 0.29) is 5.91 Å². The Labute approximate surface area is 136 Å². The van der Waals surface area contributed by atoms with E-state index in [0.29, 0.717) is 18.2 Å². The molecule has 1 heterocycles. The predicted molar refractivity (Wildman–Crippen MR) is 91.2 cm³/mol.